The molecule has 1 N–H and O–H groups in total. The van der Waals surface area contributed by atoms with Crippen molar-refractivity contribution < 1.29 is 9.47 Å². The Kier molecular flexibility index (Phi) is 3.16. The number of hydrogen-bond acceptors (Lipinski definition) is 3. The van der Waals surface area contributed by atoms with E-state index in [1.54, 1.807) is 0 Å². The van der Waals surface area contributed by atoms with E-state index in [2.05, 4.69) is 23.5 Å². The van der Waals surface area contributed by atoms with Gasteiger partial charge in [-0.3, -0.25) is 0 Å². The molecular weight excluding hydrogens is 226 g/mol. The van der Waals surface area contributed by atoms with Crippen LogP contribution in [-0.4, -0.2) is 26.8 Å². The molecule has 98 valence electrons. The number of rotatable bonds is 4. The lowest BCUT2D eigenvalue weighted by Gasteiger charge is -2.16. The van der Waals surface area contributed by atoms with Crippen molar-refractivity contribution in [3.8, 4) is 11.5 Å². The molecule has 0 spiro atoms. The first-order chi connectivity index (χ1) is 8.81. The average Bonchev–Trinajstić information content (AvgIpc) is 3.13. The van der Waals surface area contributed by atoms with Gasteiger partial charge in [-0.1, -0.05) is 6.07 Å². The molecule has 0 saturated heterocycles. The van der Waals surface area contributed by atoms with Crippen molar-refractivity contribution in [3.63, 3.8) is 0 Å². The topological polar surface area (TPSA) is 30.5 Å². The summed E-state index contributed by atoms with van der Waals surface area (Å²) in [5.41, 5.74) is 1.86. The van der Waals surface area contributed by atoms with E-state index in [0.29, 0.717) is 5.41 Å². The highest BCUT2D eigenvalue weighted by atomic mass is 16.5. The summed E-state index contributed by atoms with van der Waals surface area (Å²) in [5, 5.41) is 3.31. The molecule has 0 atom stereocenters. The van der Waals surface area contributed by atoms with Crippen molar-refractivity contribution in [3.05, 3.63) is 23.8 Å². The van der Waals surface area contributed by atoms with Gasteiger partial charge in [0.1, 0.15) is 0 Å². The third-order valence-electron chi connectivity index (χ3n) is 3.90. The van der Waals surface area contributed by atoms with Crippen LogP contribution in [0.5, 0.6) is 11.5 Å². The highest BCUT2D eigenvalue weighted by molar-refractivity contribution is 5.43. The van der Waals surface area contributed by atoms with E-state index in [-0.39, 0.29) is 0 Å². The van der Waals surface area contributed by atoms with E-state index < -0.39 is 0 Å². The molecule has 1 fully saturated rings. The second-order valence-corrected chi connectivity index (χ2v) is 5.54. The Bertz CT molecular complexity index is 427. The third-order valence-corrected chi connectivity index (χ3v) is 3.90. The molecule has 0 unspecified atom stereocenters. The zero-order valence-corrected chi connectivity index (χ0v) is 11.0. The normalized spacial score (nSPS) is 20.3. The summed E-state index contributed by atoms with van der Waals surface area (Å²) in [6, 6.07) is 6.41. The largest absolute Gasteiger partial charge is 0.490 e. The maximum absolute atomic E-state index is 5.74. The molecule has 2 aliphatic rings. The van der Waals surface area contributed by atoms with Gasteiger partial charge in [0.2, 0.25) is 0 Å². The van der Waals surface area contributed by atoms with Crippen molar-refractivity contribution in [1.82, 2.24) is 5.32 Å². The van der Waals surface area contributed by atoms with Gasteiger partial charge in [0.25, 0.3) is 0 Å². The minimum absolute atomic E-state index is 0.495. The molecule has 1 aliphatic heterocycles. The molecular formula is C15H21NO2. The van der Waals surface area contributed by atoms with E-state index >= 15 is 0 Å². The van der Waals surface area contributed by atoms with E-state index in [0.717, 1.165) is 44.1 Å². The van der Waals surface area contributed by atoms with Crippen LogP contribution in [0.15, 0.2) is 18.2 Å². The second-order valence-electron chi connectivity index (χ2n) is 5.54. The predicted octanol–water partition coefficient (Wildman–Crippen LogP) is 2.39. The SMILES string of the molecule is CNCC1(Cc2ccc3c(c2)OCCCO3)CC1. The van der Waals surface area contributed by atoms with Crippen LogP contribution >= 0.6 is 0 Å². The molecule has 3 rings (SSSR count). The van der Waals surface area contributed by atoms with Crippen molar-refractivity contribution in [2.45, 2.75) is 25.7 Å². The fraction of sp³-hybridized carbons (Fsp3) is 0.600. The van der Waals surface area contributed by atoms with Gasteiger partial charge in [0, 0.05) is 13.0 Å². The van der Waals surface area contributed by atoms with Gasteiger partial charge < -0.3 is 14.8 Å². The average molecular weight is 247 g/mol. The quantitative estimate of drug-likeness (QED) is 0.886. The lowest BCUT2D eigenvalue weighted by molar-refractivity contribution is 0.297. The Morgan fingerprint density at radius 2 is 1.94 bits per heavy atom. The Morgan fingerprint density at radius 1 is 1.17 bits per heavy atom. The second kappa shape index (κ2) is 4.81. The van der Waals surface area contributed by atoms with Crippen LogP contribution in [0, 0.1) is 5.41 Å². The van der Waals surface area contributed by atoms with Crippen molar-refractivity contribution >= 4 is 0 Å². The summed E-state index contributed by atoms with van der Waals surface area (Å²) in [5.74, 6) is 1.82. The highest BCUT2D eigenvalue weighted by Gasteiger charge is 2.41. The van der Waals surface area contributed by atoms with Gasteiger partial charge in [-0.05, 0) is 49.4 Å². The van der Waals surface area contributed by atoms with E-state index in [1.165, 1.54) is 18.4 Å². The number of nitrogens with one attached hydrogen (secondary N) is 1. The van der Waals surface area contributed by atoms with Gasteiger partial charge in [-0.2, -0.15) is 0 Å². The Morgan fingerprint density at radius 3 is 2.67 bits per heavy atom. The molecule has 0 amide bonds. The van der Waals surface area contributed by atoms with E-state index in [9.17, 15) is 0 Å². The smallest absolute Gasteiger partial charge is 0.161 e. The first-order valence-electron chi connectivity index (χ1n) is 6.84. The van der Waals surface area contributed by atoms with Gasteiger partial charge in [0.05, 0.1) is 13.2 Å². The minimum Gasteiger partial charge on any atom is -0.490 e. The molecule has 18 heavy (non-hydrogen) atoms. The predicted molar refractivity (Wildman–Crippen MR) is 71.3 cm³/mol. The van der Waals surface area contributed by atoms with Crippen LogP contribution in [0.25, 0.3) is 0 Å². The number of ether oxygens (including phenoxy) is 2. The maximum Gasteiger partial charge on any atom is 0.161 e. The number of benzene rings is 1. The first kappa shape index (κ1) is 11.8. The summed E-state index contributed by atoms with van der Waals surface area (Å²) < 4.78 is 11.4. The number of hydrogen-bond donors (Lipinski definition) is 1. The van der Waals surface area contributed by atoms with E-state index in [4.69, 9.17) is 9.47 Å². The first-order valence-corrected chi connectivity index (χ1v) is 6.84. The lowest BCUT2D eigenvalue weighted by Crippen LogP contribution is -2.21. The Labute approximate surface area is 108 Å². The zero-order valence-electron chi connectivity index (χ0n) is 11.0. The van der Waals surface area contributed by atoms with E-state index in [1.807, 2.05) is 7.05 Å². The molecule has 1 saturated carbocycles. The third kappa shape index (κ3) is 2.46. The van der Waals surface area contributed by atoms with Crippen LogP contribution in [-0.2, 0) is 6.42 Å². The van der Waals surface area contributed by atoms with Crippen LogP contribution < -0.4 is 14.8 Å². The minimum atomic E-state index is 0.495. The molecule has 1 aromatic carbocycles. The zero-order chi connectivity index (χ0) is 12.4. The highest BCUT2D eigenvalue weighted by Crippen LogP contribution is 2.48. The standard InChI is InChI=1S/C15H21NO2/c1-16-11-15(5-6-15)10-12-3-4-13-14(9-12)18-8-2-7-17-13/h3-4,9,16H,2,5-8,10-11H2,1H3. The summed E-state index contributed by atoms with van der Waals surface area (Å²) in [6.07, 6.45) is 4.78. The van der Waals surface area contributed by atoms with Crippen LogP contribution in [0.1, 0.15) is 24.8 Å². The van der Waals surface area contributed by atoms with Gasteiger partial charge in [-0.15, -0.1) is 0 Å². The van der Waals surface area contributed by atoms with Crippen LogP contribution in [0.2, 0.25) is 0 Å². The Hall–Kier alpha value is -1.22. The van der Waals surface area contributed by atoms with Gasteiger partial charge in [-0.25, -0.2) is 0 Å². The molecule has 1 heterocycles. The summed E-state index contributed by atoms with van der Waals surface area (Å²) in [6.45, 7) is 2.63. The van der Waals surface area contributed by atoms with Crippen LogP contribution in [0.3, 0.4) is 0 Å². The van der Waals surface area contributed by atoms with Crippen molar-refractivity contribution in [1.29, 1.82) is 0 Å². The monoisotopic (exact) mass is 247 g/mol. The summed E-state index contributed by atoms with van der Waals surface area (Å²) in [7, 11) is 2.04. The van der Waals surface area contributed by atoms with Crippen molar-refractivity contribution in [2.24, 2.45) is 5.41 Å². The lowest BCUT2D eigenvalue weighted by atomic mass is 9.96. The maximum atomic E-state index is 5.74. The molecule has 0 aromatic heterocycles. The molecule has 3 heteroatoms. The molecule has 1 aliphatic carbocycles. The molecule has 0 radical (unpaired) electrons. The summed E-state index contributed by atoms with van der Waals surface area (Å²) >= 11 is 0. The van der Waals surface area contributed by atoms with Gasteiger partial charge >= 0.3 is 0 Å². The fourth-order valence-electron chi connectivity index (χ4n) is 2.72. The van der Waals surface area contributed by atoms with Crippen molar-refractivity contribution in [2.75, 3.05) is 26.8 Å². The molecule has 0 bridgehead atoms. The summed E-state index contributed by atoms with van der Waals surface area (Å²) in [4.78, 5) is 0. The molecule has 1 aromatic rings. The number of fused-ring (bicyclic) bond motifs is 1. The van der Waals surface area contributed by atoms with Gasteiger partial charge in [0.15, 0.2) is 11.5 Å². The molecule has 3 nitrogen and oxygen atoms in total. The van der Waals surface area contributed by atoms with Crippen LogP contribution in [0.4, 0.5) is 0 Å². The fourth-order valence-corrected chi connectivity index (χ4v) is 2.72. The Balaban J connectivity index is 1.75.